The van der Waals surface area contributed by atoms with E-state index in [1.165, 1.54) is 11.3 Å². The monoisotopic (exact) mass is 308 g/mol. The highest BCUT2D eigenvalue weighted by Crippen LogP contribution is 2.36. The van der Waals surface area contributed by atoms with Crippen LogP contribution in [0, 0.1) is 0 Å². The standard InChI is InChI=1S/C14H20N4O2S/c1-3-19-9(2)12-16-8-10(21-12)11-17-13(18-20-11)14(15)6-4-5-7-14/h8-9H,3-7,15H2,1-2H3. The van der Waals surface area contributed by atoms with Gasteiger partial charge in [0, 0.05) is 6.61 Å². The molecule has 7 heteroatoms. The number of ether oxygens (including phenoxy) is 1. The smallest absolute Gasteiger partial charge is 0.269 e. The lowest BCUT2D eigenvalue weighted by Crippen LogP contribution is -2.34. The third kappa shape index (κ3) is 2.86. The number of hydrogen-bond donors (Lipinski definition) is 1. The van der Waals surface area contributed by atoms with Gasteiger partial charge in [-0.2, -0.15) is 4.98 Å². The Morgan fingerprint density at radius 3 is 2.95 bits per heavy atom. The average Bonchev–Trinajstić information content (AvgIpc) is 3.19. The molecule has 2 heterocycles. The second-order valence-electron chi connectivity index (χ2n) is 5.45. The molecule has 1 unspecified atom stereocenters. The zero-order chi connectivity index (χ0) is 14.9. The highest BCUT2D eigenvalue weighted by molar-refractivity contribution is 7.15. The van der Waals surface area contributed by atoms with Gasteiger partial charge in [-0.1, -0.05) is 18.0 Å². The fourth-order valence-corrected chi connectivity index (χ4v) is 3.49. The molecule has 0 radical (unpaired) electrons. The van der Waals surface area contributed by atoms with Gasteiger partial charge in [-0.05, 0) is 26.7 Å². The molecular formula is C14H20N4O2S. The molecule has 2 aromatic heterocycles. The van der Waals surface area contributed by atoms with Crippen molar-refractivity contribution < 1.29 is 9.26 Å². The number of rotatable bonds is 5. The molecule has 0 aromatic carbocycles. The van der Waals surface area contributed by atoms with E-state index in [2.05, 4.69) is 15.1 Å². The van der Waals surface area contributed by atoms with Crippen molar-refractivity contribution in [2.24, 2.45) is 5.73 Å². The molecule has 1 fully saturated rings. The van der Waals surface area contributed by atoms with Crippen molar-refractivity contribution in [1.29, 1.82) is 0 Å². The highest BCUT2D eigenvalue weighted by Gasteiger charge is 2.36. The van der Waals surface area contributed by atoms with Gasteiger partial charge >= 0.3 is 0 Å². The van der Waals surface area contributed by atoms with Gasteiger partial charge < -0.3 is 15.0 Å². The largest absolute Gasteiger partial charge is 0.372 e. The second kappa shape index (κ2) is 5.82. The molecule has 6 nitrogen and oxygen atoms in total. The Balaban J connectivity index is 1.80. The maximum atomic E-state index is 6.35. The Morgan fingerprint density at radius 1 is 1.48 bits per heavy atom. The molecule has 21 heavy (non-hydrogen) atoms. The first-order valence-corrected chi connectivity index (χ1v) is 8.15. The van der Waals surface area contributed by atoms with E-state index in [1.807, 2.05) is 13.8 Å². The summed E-state index contributed by atoms with van der Waals surface area (Å²) >= 11 is 1.52. The highest BCUT2D eigenvalue weighted by atomic mass is 32.1. The molecule has 114 valence electrons. The fraction of sp³-hybridized carbons (Fsp3) is 0.643. The zero-order valence-corrected chi connectivity index (χ0v) is 13.2. The van der Waals surface area contributed by atoms with Crippen LogP contribution in [0.4, 0.5) is 0 Å². The van der Waals surface area contributed by atoms with Crippen LogP contribution in [0.25, 0.3) is 10.8 Å². The topological polar surface area (TPSA) is 87.1 Å². The Labute approximate surface area is 127 Å². The summed E-state index contributed by atoms with van der Waals surface area (Å²) in [5.74, 6) is 1.11. The minimum absolute atomic E-state index is 0.0215. The lowest BCUT2D eigenvalue weighted by molar-refractivity contribution is 0.0762. The van der Waals surface area contributed by atoms with E-state index in [4.69, 9.17) is 15.0 Å². The van der Waals surface area contributed by atoms with Crippen LogP contribution in [0.15, 0.2) is 10.7 Å². The van der Waals surface area contributed by atoms with Crippen LogP contribution in [0.1, 0.15) is 56.5 Å². The van der Waals surface area contributed by atoms with Crippen molar-refractivity contribution in [1.82, 2.24) is 15.1 Å². The van der Waals surface area contributed by atoms with Crippen molar-refractivity contribution in [3.05, 3.63) is 17.0 Å². The average molecular weight is 308 g/mol. The number of aromatic nitrogens is 3. The molecule has 1 saturated carbocycles. The van der Waals surface area contributed by atoms with Crippen LogP contribution in [0.3, 0.4) is 0 Å². The van der Waals surface area contributed by atoms with Crippen LogP contribution in [-0.4, -0.2) is 21.7 Å². The van der Waals surface area contributed by atoms with E-state index in [0.29, 0.717) is 18.3 Å². The normalized spacial score (nSPS) is 19.0. The van der Waals surface area contributed by atoms with Crippen molar-refractivity contribution in [2.75, 3.05) is 6.61 Å². The minimum Gasteiger partial charge on any atom is -0.372 e. The first kappa shape index (κ1) is 14.6. The van der Waals surface area contributed by atoms with Crippen molar-refractivity contribution >= 4 is 11.3 Å². The second-order valence-corrected chi connectivity index (χ2v) is 6.51. The van der Waals surface area contributed by atoms with E-state index in [1.54, 1.807) is 6.20 Å². The summed E-state index contributed by atoms with van der Waals surface area (Å²) in [6, 6.07) is 0. The van der Waals surface area contributed by atoms with Crippen molar-refractivity contribution in [3.8, 4) is 10.8 Å². The van der Waals surface area contributed by atoms with E-state index in [9.17, 15) is 0 Å². The molecule has 1 aliphatic carbocycles. The van der Waals surface area contributed by atoms with Crippen LogP contribution >= 0.6 is 11.3 Å². The van der Waals surface area contributed by atoms with E-state index in [-0.39, 0.29) is 6.10 Å². The zero-order valence-electron chi connectivity index (χ0n) is 12.3. The van der Waals surface area contributed by atoms with Crippen molar-refractivity contribution in [3.63, 3.8) is 0 Å². The Hall–Kier alpha value is -1.31. The molecule has 3 rings (SSSR count). The molecule has 1 aliphatic rings. The molecular weight excluding hydrogens is 288 g/mol. The number of hydrogen-bond acceptors (Lipinski definition) is 7. The van der Waals surface area contributed by atoms with E-state index >= 15 is 0 Å². The number of nitrogens with zero attached hydrogens (tertiary/aromatic N) is 3. The Kier molecular flexibility index (Phi) is 4.05. The van der Waals surface area contributed by atoms with Crippen LogP contribution in [-0.2, 0) is 10.3 Å². The molecule has 0 aliphatic heterocycles. The molecule has 0 amide bonds. The summed E-state index contributed by atoms with van der Waals surface area (Å²) in [4.78, 5) is 9.71. The number of thiazole rings is 1. The van der Waals surface area contributed by atoms with Crippen LogP contribution in [0.2, 0.25) is 0 Å². The van der Waals surface area contributed by atoms with E-state index in [0.717, 1.165) is 35.6 Å². The molecule has 0 spiro atoms. The minimum atomic E-state index is -0.423. The van der Waals surface area contributed by atoms with E-state index < -0.39 is 5.54 Å². The number of nitrogens with two attached hydrogens (primary N) is 1. The van der Waals surface area contributed by atoms with Gasteiger partial charge in [-0.25, -0.2) is 4.98 Å². The summed E-state index contributed by atoms with van der Waals surface area (Å²) in [6.45, 7) is 4.62. The predicted molar refractivity (Wildman–Crippen MR) is 79.8 cm³/mol. The van der Waals surface area contributed by atoms with Crippen molar-refractivity contribution in [2.45, 2.75) is 51.2 Å². The molecule has 0 saturated heterocycles. The van der Waals surface area contributed by atoms with Gasteiger partial charge in [-0.15, -0.1) is 11.3 Å². The van der Waals surface area contributed by atoms with Crippen LogP contribution < -0.4 is 5.73 Å². The van der Waals surface area contributed by atoms with Gasteiger partial charge in [-0.3, -0.25) is 0 Å². The summed E-state index contributed by atoms with van der Waals surface area (Å²) in [7, 11) is 0. The summed E-state index contributed by atoms with van der Waals surface area (Å²) in [6.07, 6.45) is 5.81. The summed E-state index contributed by atoms with van der Waals surface area (Å²) in [5, 5.41) is 4.99. The SMILES string of the molecule is CCOC(C)c1ncc(-c2nc(C3(N)CCCC3)no2)s1. The fourth-order valence-electron chi connectivity index (χ4n) is 2.65. The quantitative estimate of drug-likeness (QED) is 0.913. The Morgan fingerprint density at radius 2 is 2.24 bits per heavy atom. The van der Waals surface area contributed by atoms with Crippen LogP contribution in [0.5, 0.6) is 0 Å². The van der Waals surface area contributed by atoms with Gasteiger partial charge in [0.1, 0.15) is 16.0 Å². The lowest BCUT2D eigenvalue weighted by Gasteiger charge is -2.17. The maximum absolute atomic E-state index is 6.35. The third-order valence-corrected chi connectivity index (χ3v) is 5.01. The van der Waals surface area contributed by atoms with Gasteiger partial charge in [0.05, 0.1) is 11.7 Å². The predicted octanol–water partition coefficient (Wildman–Crippen LogP) is 3.02. The Bertz CT molecular complexity index is 604. The third-order valence-electron chi connectivity index (χ3n) is 3.87. The van der Waals surface area contributed by atoms with Gasteiger partial charge in [0.2, 0.25) is 0 Å². The summed E-state index contributed by atoms with van der Waals surface area (Å²) in [5.41, 5.74) is 5.92. The van der Waals surface area contributed by atoms with Gasteiger partial charge in [0.15, 0.2) is 5.82 Å². The first-order valence-electron chi connectivity index (χ1n) is 7.33. The first-order chi connectivity index (χ1) is 10.1. The molecule has 2 aromatic rings. The maximum Gasteiger partial charge on any atom is 0.269 e. The van der Waals surface area contributed by atoms with Gasteiger partial charge in [0.25, 0.3) is 5.89 Å². The molecule has 1 atom stereocenters. The molecule has 0 bridgehead atoms. The molecule has 2 N–H and O–H groups in total. The summed E-state index contributed by atoms with van der Waals surface area (Å²) < 4.78 is 10.9. The lowest BCUT2D eigenvalue weighted by atomic mass is 9.99.